The minimum absolute atomic E-state index is 0.0257. The van der Waals surface area contributed by atoms with Crippen molar-refractivity contribution in [3.63, 3.8) is 0 Å². The summed E-state index contributed by atoms with van der Waals surface area (Å²) in [7, 11) is 0. The lowest BCUT2D eigenvalue weighted by Gasteiger charge is -2.15. The third-order valence-electron chi connectivity index (χ3n) is 3.21. The number of rotatable bonds is 4. The molecule has 1 N–H and O–H groups in total. The van der Waals surface area contributed by atoms with Crippen LogP contribution < -0.4 is 5.32 Å². The molecular formula is C16H17ClN2O. The van der Waals surface area contributed by atoms with Gasteiger partial charge in [0.1, 0.15) is 5.15 Å². The van der Waals surface area contributed by atoms with E-state index in [0.717, 1.165) is 17.5 Å². The Morgan fingerprint density at radius 3 is 2.65 bits per heavy atom. The number of pyridine rings is 1. The lowest BCUT2D eigenvalue weighted by Crippen LogP contribution is -2.20. The van der Waals surface area contributed by atoms with E-state index in [-0.39, 0.29) is 11.8 Å². The Labute approximate surface area is 124 Å². The van der Waals surface area contributed by atoms with Crippen LogP contribution in [0.2, 0.25) is 5.15 Å². The summed E-state index contributed by atoms with van der Waals surface area (Å²) in [5.41, 5.74) is 2.54. The minimum Gasteiger partial charge on any atom is -0.324 e. The smallest absolute Gasteiger partial charge is 0.231 e. The maximum atomic E-state index is 12.4. The van der Waals surface area contributed by atoms with Gasteiger partial charge in [0.15, 0.2) is 0 Å². The maximum Gasteiger partial charge on any atom is 0.231 e. The predicted molar refractivity (Wildman–Crippen MR) is 82.1 cm³/mol. The van der Waals surface area contributed by atoms with Gasteiger partial charge in [0.05, 0.1) is 17.8 Å². The third-order valence-corrected chi connectivity index (χ3v) is 3.60. The average Bonchev–Trinajstić information content (AvgIpc) is 2.45. The first-order valence-electron chi connectivity index (χ1n) is 6.59. The molecule has 0 aliphatic rings. The highest BCUT2D eigenvalue weighted by Gasteiger charge is 2.18. The molecule has 4 heteroatoms. The number of carbonyl (C=O) groups excluding carboxylic acids is 1. The molecule has 1 aromatic carbocycles. The van der Waals surface area contributed by atoms with Crippen LogP contribution in [0.5, 0.6) is 0 Å². The van der Waals surface area contributed by atoms with Crippen molar-refractivity contribution in [3.8, 4) is 0 Å². The van der Waals surface area contributed by atoms with Crippen molar-refractivity contribution in [1.82, 2.24) is 4.98 Å². The number of hydrogen-bond donors (Lipinski definition) is 1. The Hall–Kier alpha value is -1.87. The predicted octanol–water partition coefficient (Wildman–Crippen LogP) is 4.18. The highest BCUT2D eigenvalue weighted by molar-refractivity contribution is 6.30. The molecule has 0 saturated heterocycles. The lowest BCUT2D eigenvalue weighted by atomic mass is 9.95. The van der Waals surface area contributed by atoms with Crippen molar-refractivity contribution < 1.29 is 4.79 Å². The molecule has 0 fully saturated rings. The van der Waals surface area contributed by atoms with Gasteiger partial charge in [-0.05, 0) is 30.5 Å². The summed E-state index contributed by atoms with van der Waals surface area (Å²) < 4.78 is 0. The van der Waals surface area contributed by atoms with Crippen LogP contribution in [-0.2, 0) is 4.79 Å². The van der Waals surface area contributed by atoms with Gasteiger partial charge in [0, 0.05) is 0 Å². The molecule has 0 radical (unpaired) electrons. The Kier molecular flexibility index (Phi) is 4.74. The largest absolute Gasteiger partial charge is 0.324 e. The van der Waals surface area contributed by atoms with Gasteiger partial charge in [0.2, 0.25) is 5.91 Å². The maximum absolute atomic E-state index is 12.4. The SMILES string of the molecule is CCC(C(=O)Nc1cnc(Cl)c(C)c1)c1ccccc1. The number of nitrogens with one attached hydrogen (secondary N) is 1. The third kappa shape index (κ3) is 3.36. The molecule has 2 aromatic rings. The number of benzene rings is 1. The van der Waals surface area contributed by atoms with Crippen LogP contribution >= 0.6 is 11.6 Å². The molecule has 0 aliphatic heterocycles. The molecule has 0 bridgehead atoms. The van der Waals surface area contributed by atoms with Gasteiger partial charge in [-0.1, -0.05) is 48.9 Å². The number of aromatic nitrogens is 1. The van der Waals surface area contributed by atoms with Crippen LogP contribution in [-0.4, -0.2) is 10.9 Å². The second kappa shape index (κ2) is 6.53. The molecule has 104 valence electrons. The van der Waals surface area contributed by atoms with Gasteiger partial charge in [-0.15, -0.1) is 0 Å². The summed E-state index contributed by atoms with van der Waals surface area (Å²) in [5, 5.41) is 3.36. The molecule has 1 heterocycles. The molecule has 1 unspecified atom stereocenters. The van der Waals surface area contributed by atoms with Gasteiger partial charge in [-0.2, -0.15) is 0 Å². The number of halogens is 1. The van der Waals surface area contributed by atoms with Crippen LogP contribution in [0.25, 0.3) is 0 Å². The highest BCUT2D eigenvalue weighted by atomic mass is 35.5. The summed E-state index contributed by atoms with van der Waals surface area (Å²) in [6, 6.07) is 11.6. The second-order valence-corrected chi connectivity index (χ2v) is 5.05. The van der Waals surface area contributed by atoms with Crippen molar-refractivity contribution in [3.05, 3.63) is 58.9 Å². The molecular weight excluding hydrogens is 272 g/mol. The number of anilines is 1. The van der Waals surface area contributed by atoms with E-state index in [4.69, 9.17) is 11.6 Å². The number of amides is 1. The monoisotopic (exact) mass is 288 g/mol. The normalized spacial score (nSPS) is 11.9. The summed E-state index contributed by atoms with van der Waals surface area (Å²) in [5.74, 6) is -0.186. The van der Waals surface area contributed by atoms with E-state index in [1.165, 1.54) is 0 Å². The van der Waals surface area contributed by atoms with Crippen molar-refractivity contribution in [1.29, 1.82) is 0 Å². The van der Waals surface area contributed by atoms with Crippen molar-refractivity contribution in [2.45, 2.75) is 26.2 Å². The van der Waals surface area contributed by atoms with Crippen molar-refractivity contribution in [2.75, 3.05) is 5.32 Å². The van der Waals surface area contributed by atoms with Crippen LogP contribution in [0, 0.1) is 6.92 Å². The first kappa shape index (κ1) is 14.5. The van der Waals surface area contributed by atoms with E-state index in [1.54, 1.807) is 6.20 Å². The highest BCUT2D eigenvalue weighted by Crippen LogP contribution is 2.22. The summed E-state index contributed by atoms with van der Waals surface area (Å²) in [6.45, 7) is 3.86. The molecule has 1 amide bonds. The molecule has 3 nitrogen and oxygen atoms in total. The first-order valence-corrected chi connectivity index (χ1v) is 6.97. The fraction of sp³-hybridized carbons (Fsp3) is 0.250. The van der Waals surface area contributed by atoms with E-state index in [0.29, 0.717) is 10.8 Å². The molecule has 1 aromatic heterocycles. The van der Waals surface area contributed by atoms with E-state index in [1.807, 2.05) is 50.2 Å². The molecule has 2 rings (SSSR count). The van der Waals surface area contributed by atoms with Crippen molar-refractivity contribution in [2.24, 2.45) is 0 Å². The van der Waals surface area contributed by atoms with Gasteiger partial charge in [-0.25, -0.2) is 4.98 Å². The minimum atomic E-state index is -0.160. The molecule has 0 aliphatic carbocycles. The topological polar surface area (TPSA) is 42.0 Å². The van der Waals surface area contributed by atoms with Crippen LogP contribution in [0.4, 0.5) is 5.69 Å². The van der Waals surface area contributed by atoms with Crippen LogP contribution in [0.1, 0.15) is 30.4 Å². The zero-order chi connectivity index (χ0) is 14.5. The molecule has 0 spiro atoms. The lowest BCUT2D eigenvalue weighted by molar-refractivity contribution is -0.117. The second-order valence-electron chi connectivity index (χ2n) is 4.69. The molecule has 20 heavy (non-hydrogen) atoms. The standard InChI is InChI=1S/C16H17ClN2O/c1-3-14(12-7-5-4-6-8-12)16(20)19-13-9-11(2)15(17)18-10-13/h4-10,14H,3H2,1-2H3,(H,19,20). The van der Waals surface area contributed by atoms with E-state index in [9.17, 15) is 4.79 Å². The zero-order valence-corrected chi connectivity index (χ0v) is 12.3. The number of hydrogen-bond acceptors (Lipinski definition) is 2. The Morgan fingerprint density at radius 1 is 1.35 bits per heavy atom. The summed E-state index contributed by atoms with van der Waals surface area (Å²) >= 11 is 5.88. The fourth-order valence-corrected chi connectivity index (χ4v) is 2.22. The van der Waals surface area contributed by atoms with Crippen LogP contribution in [0.15, 0.2) is 42.6 Å². The Bertz CT molecular complexity index is 599. The van der Waals surface area contributed by atoms with Gasteiger partial charge < -0.3 is 5.32 Å². The first-order chi connectivity index (χ1) is 9.61. The van der Waals surface area contributed by atoms with Gasteiger partial charge in [-0.3, -0.25) is 4.79 Å². The summed E-state index contributed by atoms with van der Waals surface area (Å²) in [4.78, 5) is 16.4. The number of nitrogens with zero attached hydrogens (tertiary/aromatic N) is 1. The summed E-state index contributed by atoms with van der Waals surface area (Å²) in [6.07, 6.45) is 2.32. The fourth-order valence-electron chi connectivity index (χ4n) is 2.11. The Balaban J connectivity index is 2.15. The average molecular weight is 289 g/mol. The van der Waals surface area contributed by atoms with Crippen molar-refractivity contribution >= 4 is 23.2 Å². The van der Waals surface area contributed by atoms with E-state index >= 15 is 0 Å². The number of aryl methyl sites for hydroxylation is 1. The van der Waals surface area contributed by atoms with Crippen LogP contribution in [0.3, 0.4) is 0 Å². The number of carbonyl (C=O) groups is 1. The Morgan fingerprint density at radius 2 is 2.05 bits per heavy atom. The van der Waals surface area contributed by atoms with E-state index in [2.05, 4.69) is 10.3 Å². The van der Waals surface area contributed by atoms with Gasteiger partial charge in [0.25, 0.3) is 0 Å². The van der Waals surface area contributed by atoms with E-state index < -0.39 is 0 Å². The zero-order valence-electron chi connectivity index (χ0n) is 11.6. The molecule has 0 saturated carbocycles. The quantitative estimate of drug-likeness (QED) is 0.858. The molecule has 1 atom stereocenters. The van der Waals surface area contributed by atoms with Gasteiger partial charge >= 0.3 is 0 Å².